The molecule has 1 aromatic carbocycles. The van der Waals surface area contributed by atoms with Crippen molar-refractivity contribution in [3.63, 3.8) is 0 Å². The summed E-state index contributed by atoms with van der Waals surface area (Å²) in [5.74, 6) is -1.02. The second-order valence-corrected chi connectivity index (χ2v) is 11.6. The third-order valence-corrected chi connectivity index (χ3v) is 9.04. The van der Waals surface area contributed by atoms with E-state index in [1.54, 1.807) is 41.8 Å². The lowest BCUT2D eigenvalue weighted by molar-refractivity contribution is -0.135. The molecule has 4 heterocycles. The largest absolute Gasteiger partial charge is 0.481 e. The molecular formula is C25H31N7O6S. The Bertz CT molecular complexity index is 1550. The van der Waals surface area contributed by atoms with E-state index in [4.69, 9.17) is 4.74 Å². The lowest BCUT2D eigenvalue weighted by Gasteiger charge is -2.33. The summed E-state index contributed by atoms with van der Waals surface area (Å²) in [6, 6.07) is 6.90. The van der Waals surface area contributed by atoms with Crippen molar-refractivity contribution in [1.29, 1.82) is 0 Å². The molecular weight excluding hydrogens is 526 g/mol. The molecule has 0 bridgehead atoms. The van der Waals surface area contributed by atoms with Crippen LogP contribution in [-0.2, 0) is 38.0 Å². The zero-order valence-corrected chi connectivity index (χ0v) is 22.9. The van der Waals surface area contributed by atoms with Gasteiger partial charge in [0.05, 0.1) is 17.3 Å². The average Bonchev–Trinajstić information content (AvgIpc) is 3.47. The van der Waals surface area contributed by atoms with Crippen LogP contribution in [0.15, 0.2) is 29.3 Å². The number of piperazine rings is 1. The van der Waals surface area contributed by atoms with Crippen LogP contribution in [0.25, 0.3) is 10.9 Å². The molecule has 0 aliphatic carbocycles. The maximum atomic E-state index is 13.2. The SMILES string of the molecule is CCn1nc(C)cc1S(=O)(=O)N1CCN(C(=O)COc2cccc3c(C4CCC(=O)NC4=O)nn(C)c23)CC1. The molecule has 5 rings (SSSR count). The normalized spacial score (nSPS) is 18.9. The Labute approximate surface area is 225 Å². The van der Waals surface area contributed by atoms with Gasteiger partial charge in [-0.1, -0.05) is 12.1 Å². The lowest BCUT2D eigenvalue weighted by Crippen LogP contribution is -2.51. The molecule has 2 aromatic heterocycles. The summed E-state index contributed by atoms with van der Waals surface area (Å²) in [6.07, 6.45) is 0.623. The first-order valence-electron chi connectivity index (χ1n) is 12.8. The van der Waals surface area contributed by atoms with Crippen LogP contribution < -0.4 is 10.1 Å². The van der Waals surface area contributed by atoms with Crippen molar-refractivity contribution in [3.8, 4) is 5.75 Å². The first-order valence-corrected chi connectivity index (χ1v) is 14.3. The Morgan fingerprint density at radius 3 is 2.59 bits per heavy atom. The maximum Gasteiger partial charge on any atom is 0.260 e. The standard InChI is InChI=1S/C25H31N7O6S/c1-4-32-22(14-16(2)27-32)39(36,37)31-12-10-30(11-13-31)21(34)15-38-19-7-5-6-17-23(28-29(3)24(17)19)18-8-9-20(33)26-25(18)35/h5-7,14,18H,4,8-13,15H2,1-3H3,(H,26,33,35). The van der Waals surface area contributed by atoms with Crippen LogP contribution >= 0.6 is 0 Å². The molecule has 208 valence electrons. The van der Waals surface area contributed by atoms with E-state index in [2.05, 4.69) is 15.5 Å². The quantitative estimate of drug-likeness (QED) is 0.414. The fourth-order valence-electron chi connectivity index (χ4n) is 5.15. The van der Waals surface area contributed by atoms with Gasteiger partial charge in [0.15, 0.2) is 11.6 Å². The van der Waals surface area contributed by atoms with Gasteiger partial charge in [-0.25, -0.2) is 8.42 Å². The molecule has 1 unspecified atom stereocenters. The van der Waals surface area contributed by atoms with Crippen molar-refractivity contribution >= 4 is 38.6 Å². The van der Waals surface area contributed by atoms with E-state index >= 15 is 0 Å². The van der Waals surface area contributed by atoms with Crippen LogP contribution in [0, 0.1) is 6.92 Å². The minimum absolute atomic E-state index is 0.159. The van der Waals surface area contributed by atoms with Gasteiger partial charge in [-0.2, -0.15) is 14.5 Å². The van der Waals surface area contributed by atoms with E-state index < -0.39 is 15.9 Å². The number of amides is 3. The van der Waals surface area contributed by atoms with Crippen molar-refractivity contribution in [3.05, 3.63) is 35.7 Å². The average molecular weight is 558 g/mol. The number of carbonyl (C=O) groups excluding carboxylic acids is 3. The number of imide groups is 1. The predicted molar refractivity (Wildman–Crippen MR) is 139 cm³/mol. The minimum atomic E-state index is -3.72. The predicted octanol–water partition coefficient (Wildman–Crippen LogP) is 0.530. The fourth-order valence-corrected chi connectivity index (χ4v) is 6.82. The number of rotatable bonds is 7. The monoisotopic (exact) mass is 557 g/mol. The van der Waals surface area contributed by atoms with Gasteiger partial charge in [-0.3, -0.25) is 29.1 Å². The Kier molecular flexibility index (Phi) is 7.16. The number of sulfonamides is 1. The molecule has 2 fully saturated rings. The molecule has 39 heavy (non-hydrogen) atoms. The Balaban J connectivity index is 1.24. The molecule has 2 saturated heterocycles. The van der Waals surface area contributed by atoms with Crippen molar-refractivity contribution in [1.82, 2.24) is 34.1 Å². The van der Waals surface area contributed by atoms with Crippen LogP contribution in [0.2, 0.25) is 0 Å². The Hall–Kier alpha value is -3.78. The number of benzene rings is 1. The highest BCUT2D eigenvalue weighted by Gasteiger charge is 2.34. The summed E-state index contributed by atoms with van der Waals surface area (Å²) in [4.78, 5) is 38.5. The van der Waals surface area contributed by atoms with Crippen LogP contribution in [0.4, 0.5) is 0 Å². The second kappa shape index (κ2) is 10.4. The van der Waals surface area contributed by atoms with Gasteiger partial charge in [0.25, 0.3) is 15.9 Å². The van der Waals surface area contributed by atoms with Gasteiger partial charge < -0.3 is 9.64 Å². The maximum absolute atomic E-state index is 13.2. The second-order valence-electron chi connectivity index (χ2n) is 9.68. The van der Waals surface area contributed by atoms with Crippen LogP contribution in [-0.4, -0.2) is 87.7 Å². The smallest absolute Gasteiger partial charge is 0.260 e. The lowest BCUT2D eigenvalue weighted by atomic mass is 9.93. The van der Waals surface area contributed by atoms with E-state index in [1.165, 1.54) is 8.99 Å². The molecule has 13 nitrogen and oxygen atoms in total. The number of aromatic nitrogens is 4. The summed E-state index contributed by atoms with van der Waals surface area (Å²) in [5.41, 5.74) is 1.84. The van der Waals surface area contributed by atoms with E-state index in [0.29, 0.717) is 35.6 Å². The van der Waals surface area contributed by atoms with Gasteiger partial charge >= 0.3 is 0 Å². The third kappa shape index (κ3) is 5.01. The third-order valence-electron chi connectivity index (χ3n) is 7.14. The number of para-hydroxylation sites is 1. The number of piperidine rings is 1. The van der Waals surface area contributed by atoms with Crippen molar-refractivity contribution < 1.29 is 27.5 Å². The molecule has 3 amide bonds. The summed E-state index contributed by atoms with van der Waals surface area (Å²) in [7, 11) is -1.99. The molecule has 1 atom stereocenters. The van der Waals surface area contributed by atoms with Gasteiger partial charge in [0, 0.05) is 51.6 Å². The molecule has 0 radical (unpaired) electrons. The van der Waals surface area contributed by atoms with Gasteiger partial charge in [0.2, 0.25) is 11.8 Å². The highest BCUT2D eigenvalue weighted by molar-refractivity contribution is 7.89. The van der Waals surface area contributed by atoms with E-state index in [0.717, 1.165) is 5.39 Å². The van der Waals surface area contributed by atoms with Crippen LogP contribution in [0.1, 0.15) is 37.1 Å². The summed E-state index contributed by atoms with van der Waals surface area (Å²) >= 11 is 0. The zero-order valence-electron chi connectivity index (χ0n) is 22.1. The number of nitrogens with zero attached hydrogens (tertiary/aromatic N) is 6. The molecule has 2 aliphatic heterocycles. The highest BCUT2D eigenvalue weighted by Crippen LogP contribution is 2.34. The van der Waals surface area contributed by atoms with Gasteiger partial charge in [-0.15, -0.1) is 0 Å². The number of fused-ring (bicyclic) bond motifs is 1. The highest BCUT2D eigenvalue weighted by atomic mass is 32.2. The summed E-state index contributed by atoms with van der Waals surface area (Å²) in [6.45, 7) is 4.65. The summed E-state index contributed by atoms with van der Waals surface area (Å²) < 4.78 is 36.7. The number of carbonyl (C=O) groups is 3. The Morgan fingerprint density at radius 1 is 1.15 bits per heavy atom. The van der Waals surface area contributed by atoms with E-state index in [9.17, 15) is 22.8 Å². The molecule has 0 spiro atoms. The number of aryl methyl sites for hydroxylation is 3. The molecule has 2 aliphatic rings. The zero-order chi connectivity index (χ0) is 27.9. The molecule has 0 saturated carbocycles. The first-order chi connectivity index (χ1) is 18.6. The van der Waals surface area contributed by atoms with Gasteiger partial charge in [0.1, 0.15) is 11.3 Å². The first kappa shape index (κ1) is 26.8. The number of hydrogen-bond acceptors (Lipinski definition) is 8. The van der Waals surface area contributed by atoms with E-state index in [-0.39, 0.29) is 62.0 Å². The van der Waals surface area contributed by atoms with Crippen molar-refractivity contribution in [2.24, 2.45) is 7.05 Å². The fraction of sp³-hybridized carbons (Fsp3) is 0.480. The van der Waals surface area contributed by atoms with E-state index in [1.807, 2.05) is 13.0 Å². The van der Waals surface area contributed by atoms with Crippen LogP contribution in [0.3, 0.4) is 0 Å². The molecule has 14 heteroatoms. The van der Waals surface area contributed by atoms with Crippen molar-refractivity contribution in [2.75, 3.05) is 32.8 Å². The minimum Gasteiger partial charge on any atom is -0.481 e. The topological polar surface area (TPSA) is 149 Å². The molecule has 3 aromatic rings. The number of ether oxygens (including phenoxy) is 1. The number of nitrogens with one attached hydrogen (secondary N) is 1. The number of hydrogen-bond donors (Lipinski definition) is 1. The van der Waals surface area contributed by atoms with Gasteiger partial charge in [-0.05, 0) is 32.4 Å². The molecule has 1 N–H and O–H groups in total. The summed E-state index contributed by atoms with van der Waals surface area (Å²) in [5, 5.41) is 12.0. The Morgan fingerprint density at radius 2 is 1.90 bits per heavy atom. The van der Waals surface area contributed by atoms with Crippen molar-refractivity contribution in [2.45, 2.75) is 44.2 Å². The van der Waals surface area contributed by atoms with Crippen LogP contribution in [0.5, 0.6) is 5.75 Å².